The molecular formula is C16H15Cl2NO3. The van der Waals surface area contributed by atoms with Crippen LogP contribution < -0.4 is 5.32 Å². The maximum atomic E-state index is 11.9. The van der Waals surface area contributed by atoms with Crippen molar-refractivity contribution >= 4 is 29.1 Å². The van der Waals surface area contributed by atoms with Crippen molar-refractivity contribution in [1.29, 1.82) is 0 Å². The molecule has 0 spiro atoms. The minimum atomic E-state index is -1.30. The SMILES string of the molecule is O=C(NCC(O)c1c(Cl)cccc1Cl)C(O)c1ccccc1. The highest BCUT2D eigenvalue weighted by Crippen LogP contribution is 2.29. The van der Waals surface area contributed by atoms with Gasteiger partial charge in [0.15, 0.2) is 6.10 Å². The Hall–Kier alpha value is -1.59. The molecule has 2 aromatic rings. The van der Waals surface area contributed by atoms with Crippen LogP contribution in [0.2, 0.25) is 10.0 Å². The number of nitrogens with one attached hydrogen (secondary N) is 1. The van der Waals surface area contributed by atoms with E-state index in [1.807, 2.05) is 0 Å². The zero-order valence-corrected chi connectivity index (χ0v) is 13.1. The molecule has 0 saturated carbocycles. The maximum absolute atomic E-state index is 11.9. The summed E-state index contributed by atoms with van der Waals surface area (Å²) in [5.74, 6) is -0.603. The molecule has 0 aliphatic heterocycles. The molecule has 2 aromatic carbocycles. The lowest BCUT2D eigenvalue weighted by molar-refractivity contribution is -0.130. The molecule has 2 rings (SSSR count). The Bertz CT molecular complexity index is 629. The number of halogens is 2. The van der Waals surface area contributed by atoms with Gasteiger partial charge in [0, 0.05) is 22.2 Å². The van der Waals surface area contributed by atoms with Gasteiger partial charge in [-0.05, 0) is 17.7 Å². The Balaban J connectivity index is 1.99. The van der Waals surface area contributed by atoms with Gasteiger partial charge in [-0.25, -0.2) is 0 Å². The number of hydrogen-bond donors (Lipinski definition) is 3. The molecule has 116 valence electrons. The van der Waals surface area contributed by atoms with Crippen LogP contribution in [0.1, 0.15) is 23.3 Å². The molecule has 2 unspecified atom stereocenters. The standard InChI is InChI=1S/C16H15Cl2NO3/c17-11-7-4-8-12(18)14(11)13(20)9-19-16(22)15(21)10-5-2-1-3-6-10/h1-8,13,15,20-21H,9H2,(H,19,22). The van der Waals surface area contributed by atoms with Crippen molar-refractivity contribution in [2.75, 3.05) is 6.54 Å². The van der Waals surface area contributed by atoms with E-state index in [1.165, 1.54) is 0 Å². The van der Waals surface area contributed by atoms with Crippen molar-refractivity contribution in [3.8, 4) is 0 Å². The lowest BCUT2D eigenvalue weighted by Gasteiger charge is -2.17. The van der Waals surface area contributed by atoms with E-state index in [0.29, 0.717) is 21.2 Å². The Labute approximate surface area is 138 Å². The van der Waals surface area contributed by atoms with Crippen molar-refractivity contribution in [2.45, 2.75) is 12.2 Å². The third-order valence-electron chi connectivity index (χ3n) is 3.17. The van der Waals surface area contributed by atoms with E-state index >= 15 is 0 Å². The monoisotopic (exact) mass is 339 g/mol. The van der Waals surface area contributed by atoms with E-state index in [2.05, 4.69) is 5.32 Å². The second-order valence-corrected chi connectivity index (χ2v) is 5.52. The molecule has 0 fully saturated rings. The van der Waals surface area contributed by atoms with Gasteiger partial charge in [-0.15, -0.1) is 0 Å². The molecule has 0 aliphatic rings. The highest BCUT2D eigenvalue weighted by molar-refractivity contribution is 6.36. The van der Waals surface area contributed by atoms with Gasteiger partial charge in [-0.3, -0.25) is 4.79 Å². The molecule has 0 aromatic heterocycles. The third-order valence-corrected chi connectivity index (χ3v) is 3.83. The molecule has 0 saturated heterocycles. The van der Waals surface area contributed by atoms with Gasteiger partial charge >= 0.3 is 0 Å². The van der Waals surface area contributed by atoms with E-state index < -0.39 is 18.1 Å². The second kappa shape index (κ2) is 7.61. The van der Waals surface area contributed by atoms with Crippen molar-refractivity contribution in [2.24, 2.45) is 0 Å². The zero-order chi connectivity index (χ0) is 16.1. The van der Waals surface area contributed by atoms with Gasteiger partial charge in [0.05, 0.1) is 6.10 Å². The largest absolute Gasteiger partial charge is 0.386 e. The van der Waals surface area contributed by atoms with Crippen LogP contribution in [0.5, 0.6) is 0 Å². The van der Waals surface area contributed by atoms with E-state index in [1.54, 1.807) is 48.5 Å². The van der Waals surface area contributed by atoms with Crippen molar-refractivity contribution in [3.63, 3.8) is 0 Å². The predicted molar refractivity (Wildman–Crippen MR) is 85.8 cm³/mol. The van der Waals surface area contributed by atoms with Crippen LogP contribution in [-0.2, 0) is 4.79 Å². The van der Waals surface area contributed by atoms with Gasteiger partial charge in [0.2, 0.25) is 0 Å². The Morgan fingerprint density at radius 2 is 1.59 bits per heavy atom. The first kappa shape index (κ1) is 16.8. The van der Waals surface area contributed by atoms with Gasteiger partial charge < -0.3 is 15.5 Å². The zero-order valence-electron chi connectivity index (χ0n) is 11.5. The fraction of sp³-hybridized carbons (Fsp3) is 0.188. The summed E-state index contributed by atoms with van der Waals surface area (Å²) in [6.45, 7) is -0.105. The number of aliphatic hydroxyl groups is 2. The smallest absolute Gasteiger partial charge is 0.253 e. The maximum Gasteiger partial charge on any atom is 0.253 e. The number of amides is 1. The molecule has 1 amide bonds. The van der Waals surface area contributed by atoms with Crippen molar-refractivity contribution < 1.29 is 15.0 Å². The molecular weight excluding hydrogens is 325 g/mol. The summed E-state index contributed by atoms with van der Waals surface area (Å²) in [7, 11) is 0. The number of hydrogen-bond acceptors (Lipinski definition) is 3. The molecule has 22 heavy (non-hydrogen) atoms. The lowest BCUT2D eigenvalue weighted by Crippen LogP contribution is -2.32. The van der Waals surface area contributed by atoms with Crippen LogP contribution in [0, 0.1) is 0 Å². The summed E-state index contributed by atoms with van der Waals surface area (Å²) in [6.07, 6.45) is -2.36. The fourth-order valence-electron chi connectivity index (χ4n) is 2.01. The highest BCUT2D eigenvalue weighted by atomic mass is 35.5. The Kier molecular flexibility index (Phi) is 5.80. The van der Waals surface area contributed by atoms with Crippen LogP contribution in [0.4, 0.5) is 0 Å². The molecule has 6 heteroatoms. The van der Waals surface area contributed by atoms with Crippen LogP contribution in [0.3, 0.4) is 0 Å². The van der Waals surface area contributed by atoms with Crippen LogP contribution in [0.25, 0.3) is 0 Å². The highest BCUT2D eigenvalue weighted by Gasteiger charge is 2.20. The van der Waals surface area contributed by atoms with Gasteiger partial charge in [0.1, 0.15) is 0 Å². The van der Waals surface area contributed by atoms with Gasteiger partial charge in [0.25, 0.3) is 5.91 Å². The van der Waals surface area contributed by atoms with Crippen LogP contribution in [0.15, 0.2) is 48.5 Å². The summed E-state index contributed by atoms with van der Waals surface area (Å²) >= 11 is 12.0. The predicted octanol–water partition coefficient (Wildman–Crippen LogP) is 2.88. The summed E-state index contributed by atoms with van der Waals surface area (Å²) in [5.41, 5.74) is 0.825. The first-order chi connectivity index (χ1) is 10.5. The minimum absolute atomic E-state index is 0.105. The summed E-state index contributed by atoms with van der Waals surface area (Å²) in [5, 5.41) is 23.2. The number of rotatable bonds is 5. The molecule has 4 nitrogen and oxygen atoms in total. The van der Waals surface area contributed by atoms with Crippen molar-refractivity contribution in [3.05, 3.63) is 69.7 Å². The van der Waals surface area contributed by atoms with Gasteiger partial charge in [-0.2, -0.15) is 0 Å². The molecule has 0 bridgehead atoms. The Morgan fingerprint density at radius 3 is 2.18 bits per heavy atom. The van der Waals surface area contributed by atoms with Crippen LogP contribution >= 0.6 is 23.2 Å². The average Bonchev–Trinajstić information content (AvgIpc) is 2.52. The molecule has 0 radical (unpaired) electrons. The van der Waals surface area contributed by atoms with E-state index in [4.69, 9.17) is 23.2 Å². The lowest BCUT2D eigenvalue weighted by atomic mass is 10.1. The normalized spacial score (nSPS) is 13.5. The van der Waals surface area contributed by atoms with E-state index in [0.717, 1.165) is 0 Å². The number of benzene rings is 2. The number of carbonyl (C=O) groups excluding carboxylic acids is 1. The number of aliphatic hydroxyl groups excluding tert-OH is 2. The first-order valence-corrected chi connectivity index (χ1v) is 7.39. The Morgan fingerprint density at radius 1 is 1.00 bits per heavy atom. The van der Waals surface area contributed by atoms with E-state index in [9.17, 15) is 15.0 Å². The molecule has 0 heterocycles. The summed E-state index contributed by atoms with van der Waals surface area (Å²) < 4.78 is 0. The molecule has 0 aliphatic carbocycles. The second-order valence-electron chi connectivity index (χ2n) is 4.71. The quantitative estimate of drug-likeness (QED) is 0.784. The third kappa shape index (κ3) is 3.99. The molecule has 3 N–H and O–H groups in total. The number of carbonyl (C=O) groups is 1. The summed E-state index contributed by atoms with van der Waals surface area (Å²) in [4.78, 5) is 11.9. The van der Waals surface area contributed by atoms with E-state index in [-0.39, 0.29) is 6.54 Å². The van der Waals surface area contributed by atoms with Gasteiger partial charge in [-0.1, -0.05) is 59.6 Å². The minimum Gasteiger partial charge on any atom is -0.386 e. The topological polar surface area (TPSA) is 69.6 Å². The first-order valence-electron chi connectivity index (χ1n) is 6.63. The average molecular weight is 340 g/mol. The summed E-state index contributed by atoms with van der Waals surface area (Å²) in [6, 6.07) is 13.4. The van der Waals surface area contributed by atoms with Crippen LogP contribution in [-0.4, -0.2) is 22.7 Å². The fourth-order valence-corrected chi connectivity index (χ4v) is 2.66. The van der Waals surface area contributed by atoms with Crippen molar-refractivity contribution in [1.82, 2.24) is 5.32 Å². The molecule has 2 atom stereocenters.